The van der Waals surface area contributed by atoms with E-state index in [0.717, 1.165) is 36.9 Å². The zero-order valence-electron chi connectivity index (χ0n) is 15.6. The molecule has 1 aliphatic rings. The van der Waals surface area contributed by atoms with Gasteiger partial charge in [0.05, 0.1) is 29.8 Å². The predicted molar refractivity (Wildman–Crippen MR) is 114 cm³/mol. The van der Waals surface area contributed by atoms with E-state index in [4.69, 9.17) is 11.6 Å². The molecule has 4 heteroatoms. The van der Waals surface area contributed by atoms with Crippen molar-refractivity contribution in [3.63, 3.8) is 0 Å². The number of aromatic nitrogens is 2. The Hall–Kier alpha value is -2.36. The Kier molecular flexibility index (Phi) is 4.58. The highest BCUT2D eigenvalue weighted by Gasteiger charge is 2.30. The van der Waals surface area contributed by atoms with Gasteiger partial charge in [0.1, 0.15) is 0 Å². The molecule has 1 saturated carbocycles. The fourth-order valence-electron chi connectivity index (χ4n) is 4.84. The van der Waals surface area contributed by atoms with Crippen LogP contribution in [0.1, 0.15) is 49.0 Å². The lowest BCUT2D eigenvalue weighted by atomic mass is 9.75. The molecule has 2 aromatic heterocycles. The van der Waals surface area contributed by atoms with E-state index >= 15 is 0 Å². The van der Waals surface area contributed by atoms with Crippen LogP contribution < -0.4 is 0 Å². The molecule has 0 unspecified atom stereocenters. The van der Waals surface area contributed by atoms with E-state index < -0.39 is 6.10 Å². The van der Waals surface area contributed by atoms with Crippen LogP contribution in [0.2, 0.25) is 5.02 Å². The number of aliphatic hydroxyl groups is 1. The quantitative estimate of drug-likeness (QED) is 0.455. The lowest BCUT2D eigenvalue weighted by Crippen LogP contribution is -2.21. The molecule has 5 rings (SSSR count). The Morgan fingerprint density at radius 3 is 2.64 bits per heavy atom. The Bertz CT molecular complexity index is 1120. The van der Waals surface area contributed by atoms with E-state index in [1.54, 1.807) is 12.5 Å². The van der Waals surface area contributed by atoms with Crippen molar-refractivity contribution in [1.29, 1.82) is 0 Å². The molecular formula is C24H23ClN2O. The minimum absolute atomic E-state index is 0.246. The Morgan fingerprint density at radius 1 is 1.00 bits per heavy atom. The molecule has 1 atom stereocenters. The number of aliphatic hydroxyl groups excluding tert-OH is 1. The summed E-state index contributed by atoms with van der Waals surface area (Å²) in [6.45, 7) is 0. The first-order valence-corrected chi connectivity index (χ1v) is 10.4. The van der Waals surface area contributed by atoms with Gasteiger partial charge in [0.2, 0.25) is 0 Å². The van der Waals surface area contributed by atoms with Gasteiger partial charge in [-0.05, 0) is 66.0 Å². The average Bonchev–Trinajstić information content (AvgIpc) is 3.21. The predicted octanol–water partition coefficient (Wildman–Crippen LogP) is 6.15. The minimum atomic E-state index is -0.524. The van der Waals surface area contributed by atoms with Crippen molar-refractivity contribution >= 4 is 27.9 Å². The molecule has 4 aromatic rings. The van der Waals surface area contributed by atoms with Gasteiger partial charge in [-0.2, -0.15) is 0 Å². The highest BCUT2D eigenvalue weighted by molar-refractivity contribution is 6.31. The number of hydrogen-bond donors (Lipinski definition) is 1. The maximum Gasteiger partial charge on any atom is 0.0995 e. The molecule has 28 heavy (non-hydrogen) atoms. The second-order valence-electron chi connectivity index (χ2n) is 7.91. The number of benzene rings is 2. The molecule has 142 valence electrons. The average molecular weight is 391 g/mol. The minimum Gasteiger partial charge on any atom is -0.387 e. The van der Waals surface area contributed by atoms with Gasteiger partial charge in [0, 0.05) is 5.02 Å². The van der Waals surface area contributed by atoms with Crippen LogP contribution in [-0.2, 0) is 0 Å². The first-order chi connectivity index (χ1) is 13.7. The molecule has 1 aliphatic carbocycles. The molecule has 0 bridgehead atoms. The lowest BCUT2D eigenvalue weighted by Gasteiger charge is -2.32. The molecule has 0 spiro atoms. The summed E-state index contributed by atoms with van der Waals surface area (Å²) in [6.07, 6.45) is 7.23. The van der Waals surface area contributed by atoms with E-state index in [1.807, 2.05) is 16.5 Å². The van der Waals surface area contributed by atoms with Crippen LogP contribution in [0, 0.1) is 5.92 Å². The number of nitrogens with zero attached hydrogens (tertiary/aromatic N) is 2. The third-order valence-electron chi connectivity index (χ3n) is 6.30. The smallest absolute Gasteiger partial charge is 0.0995 e. The molecule has 1 fully saturated rings. The summed E-state index contributed by atoms with van der Waals surface area (Å²) in [4.78, 5) is 4.20. The van der Waals surface area contributed by atoms with Gasteiger partial charge in [-0.1, -0.05) is 54.1 Å². The highest BCUT2D eigenvalue weighted by atomic mass is 35.5. The van der Waals surface area contributed by atoms with Gasteiger partial charge in [0.15, 0.2) is 0 Å². The molecule has 0 saturated heterocycles. The van der Waals surface area contributed by atoms with Crippen LogP contribution in [0.25, 0.3) is 16.3 Å². The topological polar surface area (TPSA) is 37.5 Å². The number of fused-ring (bicyclic) bond motifs is 2. The normalized spacial score (nSPS) is 21.2. The van der Waals surface area contributed by atoms with E-state index in [2.05, 4.69) is 47.4 Å². The van der Waals surface area contributed by atoms with Gasteiger partial charge in [-0.25, -0.2) is 4.98 Å². The molecule has 0 radical (unpaired) electrons. The van der Waals surface area contributed by atoms with Crippen molar-refractivity contribution in [2.45, 2.75) is 37.7 Å². The van der Waals surface area contributed by atoms with Crippen molar-refractivity contribution in [3.05, 3.63) is 83.4 Å². The number of hydrogen-bond acceptors (Lipinski definition) is 2. The van der Waals surface area contributed by atoms with E-state index in [-0.39, 0.29) is 5.92 Å². The largest absolute Gasteiger partial charge is 0.387 e. The highest BCUT2D eigenvalue weighted by Crippen LogP contribution is 2.43. The summed E-state index contributed by atoms with van der Waals surface area (Å²) in [7, 11) is 0. The fourth-order valence-corrected chi connectivity index (χ4v) is 5.07. The SMILES string of the molecule is O[C@H](c1cc(Cl)cc2cncn12)[C@H]1CC[C@H](c2cccc3ccccc32)CC1. The number of rotatable bonds is 3. The van der Waals surface area contributed by atoms with Crippen LogP contribution >= 0.6 is 11.6 Å². The number of pyridine rings is 1. The fraction of sp³-hybridized carbons (Fsp3) is 0.292. The molecule has 2 heterocycles. The molecule has 0 aliphatic heterocycles. The summed E-state index contributed by atoms with van der Waals surface area (Å²) in [5.74, 6) is 0.803. The van der Waals surface area contributed by atoms with Gasteiger partial charge in [-0.15, -0.1) is 0 Å². The van der Waals surface area contributed by atoms with Crippen molar-refractivity contribution < 1.29 is 5.11 Å². The summed E-state index contributed by atoms with van der Waals surface area (Å²) < 4.78 is 1.95. The summed E-state index contributed by atoms with van der Waals surface area (Å²) >= 11 is 6.27. The van der Waals surface area contributed by atoms with Crippen LogP contribution in [0.15, 0.2) is 67.1 Å². The molecular weight excluding hydrogens is 368 g/mol. The van der Waals surface area contributed by atoms with Gasteiger partial charge >= 0.3 is 0 Å². The van der Waals surface area contributed by atoms with Crippen LogP contribution in [0.4, 0.5) is 0 Å². The molecule has 0 amide bonds. The van der Waals surface area contributed by atoms with Gasteiger partial charge < -0.3 is 9.51 Å². The number of imidazole rings is 1. The van der Waals surface area contributed by atoms with Crippen LogP contribution in [0.5, 0.6) is 0 Å². The third kappa shape index (κ3) is 3.09. The zero-order chi connectivity index (χ0) is 19.1. The summed E-state index contributed by atoms with van der Waals surface area (Å²) in [5, 5.41) is 14.4. The molecule has 1 N–H and O–H groups in total. The van der Waals surface area contributed by atoms with Crippen molar-refractivity contribution in [3.8, 4) is 0 Å². The van der Waals surface area contributed by atoms with E-state index in [9.17, 15) is 5.11 Å². The van der Waals surface area contributed by atoms with E-state index in [0.29, 0.717) is 10.9 Å². The van der Waals surface area contributed by atoms with Crippen molar-refractivity contribution in [2.75, 3.05) is 0 Å². The van der Waals surface area contributed by atoms with E-state index in [1.165, 1.54) is 16.3 Å². The van der Waals surface area contributed by atoms with Crippen LogP contribution in [0.3, 0.4) is 0 Å². The Balaban J connectivity index is 1.37. The van der Waals surface area contributed by atoms with Crippen LogP contribution in [-0.4, -0.2) is 14.5 Å². The maximum absolute atomic E-state index is 11.1. The molecule has 3 nitrogen and oxygen atoms in total. The third-order valence-corrected chi connectivity index (χ3v) is 6.52. The lowest BCUT2D eigenvalue weighted by molar-refractivity contribution is 0.0764. The zero-order valence-corrected chi connectivity index (χ0v) is 16.4. The second-order valence-corrected chi connectivity index (χ2v) is 8.35. The maximum atomic E-state index is 11.1. The Morgan fingerprint density at radius 2 is 1.79 bits per heavy atom. The standard InChI is InChI=1S/C24H23ClN2O/c25-19-12-20-14-26-15-27(20)23(13-19)24(28)18-10-8-17(9-11-18)22-7-3-5-16-4-1-2-6-21(16)22/h1-7,12-15,17-18,24,28H,8-11H2/t17-,18-,24-/m0/s1. The van der Waals surface area contributed by atoms with Crippen molar-refractivity contribution in [2.24, 2.45) is 5.92 Å². The van der Waals surface area contributed by atoms with Crippen molar-refractivity contribution in [1.82, 2.24) is 9.38 Å². The number of halogens is 1. The summed E-state index contributed by atoms with van der Waals surface area (Å²) in [6, 6.07) is 19.0. The molecule has 2 aromatic carbocycles. The van der Waals surface area contributed by atoms with Gasteiger partial charge in [-0.3, -0.25) is 0 Å². The first kappa shape index (κ1) is 17.7. The van der Waals surface area contributed by atoms with Gasteiger partial charge in [0.25, 0.3) is 0 Å². The summed E-state index contributed by atoms with van der Waals surface area (Å²) in [5.41, 5.74) is 3.21. The first-order valence-electron chi connectivity index (χ1n) is 9.98. The monoisotopic (exact) mass is 390 g/mol. The second kappa shape index (κ2) is 7.23. The Labute approximate surface area is 169 Å².